The summed E-state index contributed by atoms with van der Waals surface area (Å²) in [6.45, 7) is 6.46. The van der Waals surface area contributed by atoms with Gasteiger partial charge in [0.1, 0.15) is 17.6 Å². The van der Waals surface area contributed by atoms with Crippen LogP contribution in [0.15, 0.2) is 36.4 Å². The van der Waals surface area contributed by atoms with Gasteiger partial charge in [-0.2, -0.15) is 0 Å². The highest BCUT2D eigenvalue weighted by Gasteiger charge is 2.18. The molecule has 0 radical (unpaired) electrons. The van der Waals surface area contributed by atoms with E-state index in [0.717, 1.165) is 33.8 Å². The van der Waals surface area contributed by atoms with Crippen molar-refractivity contribution < 1.29 is 14.6 Å². The molecule has 0 saturated heterocycles. The molecule has 2 aromatic carbocycles. The molecule has 1 unspecified atom stereocenters. The molecule has 0 amide bonds. The Hall–Kier alpha value is -2.00. The number of ether oxygens (including phenoxy) is 2. The number of hydrogen-bond donors (Lipinski definition) is 1. The van der Waals surface area contributed by atoms with Crippen LogP contribution in [-0.4, -0.2) is 18.8 Å². The van der Waals surface area contributed by atoms with Crippen molar-refractivity contribution in [3.05, 3.63) is 58.7 Å². The molecule has 3 nitrogen and oxygen atoms in total. The largest absolute Gasteiger partial charge is 0.496 e. The molecular weight excluding hydrogens is 264 g/mol. The van der Waals surface area contributed by atoms with E-state index < -0.39 is 6.10 Å². The predicted octanol–water partition coefficient (Wildman–Crippen LogP) is 3.79. The van der Waals surface area contributed by atoms with Gasteiger partial charge in [0.15, 0.2) is 0 Å². The van der Waals surface area contributed by atoms with Gasteiger partial charge in [0.25, 0.3) is 0 Å². The number of aliphatic hydroxyl groups excluding tert-OH is 1. The van der Waals surface area contributed by atoms with Crippen LogP contribution in [0.3, 0.4) is 0 Å². The van der Waals surface area contributed by atoms with Gasteiger partial charge in [-0.3, -0.25) is 0 Å². The van der Waals surface area contributed by atoms with E-state index in [4.69, 9.17) is 9.47 Å². The second-order valence-electron chi connectivity index (χ2n) is 5.05. The highest BCUT2D eigenvalue weighted by molar-refractivity contribution is 5.47. The van der Waals surface area contributed by atoms with Crippen molar-refractivity contribution in [3.63, 3.8) is 0 Å². The van der Waals surface area contributed by atoms with Gasteiger partial charge < -0.3 is 14.6 Å². The number of para-hydroxylation sites is 1. The Morgan fingerprint density at radius 1 is 1.00 bits per heavy atom. The van der Waals surface area contributed by atoms with Crippen LogP contribution in [0, 0.1) is 13.8 Å². The monoisotopic (exact) mass is 286 g/mol. The summed E-state index contributed by atoms with van der Waals surface area (Å²) in [4.78, 5) is 0. The first-order chi connectivity index (χ1) is 10.1. The van der Waals surface area contributed by atoms with Crippen molar-refractivity contribution >= 4 is 0 Å². The minimum atomic E-state index is -0.711. The molecule has 0 aliphatic rings. The van der Waals surface area contributed by atoms with Crippen LogP contribution in [0.1, 0.15) is 35.3 Å². The zero-order valence-corrected chi connectivity index (χ0v) is 13.0. The number of hydrogen-bond acceptors (Lipinski definition) is 3. The summed E-state index contributed by atoms with van der Waals surface area (Å²) in [5, 5.41) is 10.7. The fourth-order valence-corrected chi connectivity index (χ4v) is 2.49. The summed E-state index contributed by atoms with van der Waals surface area (Å²) in [6, 6.07) is 11.5. The molecule has 0 heterocycles. The smallest absolute Gasteiger partial charge is 0.125 e. The molecule has 21 heavy (non-hydrogen) atoms. The van der Waals surface area contributed by atoms with E-state index in [1.807, 2.05) is 57.2 Å². The Labute approximate surface area is 126 Å². The molecule has 0 fully saturated rings. The number of benzene rings is 2. The quantitative estimate of drug-likeness (QED) is 0.908. The first kappa shape index (κ1) is 15.4. The molecule has 2 aromatic rings. The van der Waals surface area contributed by atoms with Crippen molar-refractivity contribution in [3.8, 4) is 11.5 Å². The zero-order chi connectivity index (χ0) is 15.4. The lowest BCUT2D eigenvalue weighted by atomic mass is 9.95. The van der Waals surface area contributed by atoms with Gasteiger partial charge in [-0.25, -0.2) is 0 Å². The van der Waals surface area contributed by atoms with Crippen LogP contribution in [-0.2, 0) is 0 Å². The van der Waals surface area contributed by atoms with E-state index in [1.165, 1.54) is 0 Å². The molecule has 0 aliphatic carbocycles. The van der Waals surface area contributed by atoms with Gasteiger partial charge >= 0.3 is 0 Å². The summed E-state index contributed by atoms with van der Waals surface area (Å²) in [5.74, 6) is 1.56. The lowest BCUT2D eigenvalue weighted by Gasteiger charge is -2.19. The minimum Gasteiger partial charge on any atom is -0.496 e. The number of methoxy groups -OCH3 is 1. The van der Waals surface area contributed by atoms with Gasteiger partial charge in [0, 0.05) is 5.56 Å². The number of aliphatic hydroxyl groups is 1. The second-order valence-corrected chi connectivity index (χ2v) is 5.05. The van der Waals surface area contributed by atoms with Gasteiger partial charge in [0.2, 0.25) is 0 Å². The molecule has 3 heteroatoms. The Kier molecular flexibility index (Phi) is 4.86. The Balaban J connectivity index is 2.45. The molecule has 0 bridgehead atoms. The zero-order valence-electron chi connectivity index (χ0n) is 13.0. The van der Waals surface area contributed by atoms with E-state index in [1.54, 1.807) is 7.11 Å². The normalized spacial score (nSPS) is 12.0. The molecule has 2 rings (SSSR count). The van der Waals surface area contributed by atoms with Gasteiger partial charge in [-0.15, -0.1) is 0 Å². The summed E-state index contributed by atoms with van der Waals surface area (Å²) in [7, 11) is 1.66. The first-order valence-corrected chi connectivity index (χ1v) is 7.13. The molecule has 112 valence electrons. The van der Waals surface area contributed by atoms with E-state index >= 15 is 0 Å². The highest BCUT2D eigenvalue weighted by atomic mass is 16.5. The van der Waals surface area contributed by atoms with Crippen LogP contribution in [0.2, 0.25) is 0 Å². The van der Waals surface area contributed by atoms with Gasteiger partial charge in [-0.1, -0.05) is 18.2 Å². The second kappa shape index (κ2) is 6.64. The summed E-state index contributed by atoms with van der Waals surface area (Å²) < 4.78 is 10.9. The molecule has 0 aliphatic heterocycles. The first-order valence-electron chi connectivity index (χ1n) is 7.13. The maximum Gasteiger partial charge on any atom is 0.125 e. The van der Waals surface area contributed by atoms with Crippen LogP contribution in [0.4, 0.5) is 0 Å². The van der Waals surface area contributed by atoms with Crippen LogP contribution in [0.5, 0.6) is 11.5 Å². The van der Waals surface area contributed by atoms with E-state index in [9.17, 15) is 5.11 Å². The third-order valence-electron chi connectivity index (χ3n) is 3.59. The number of aryl methyl sites for hydroxylation is 2. The third kappa shape index (κ3) is 3.19. The van der Waals surface area contributed by atoms with Crippen molar-refractivity contribution in [2.24, 2.45) is 0 Å². The highest BCUT2D eigenvalue weighted by Crippen LogP contribution is 2.34. The average molecular weight is 286 g/mol. The maximum absolute atomic E-state index is 10.7. The molecule has 1 atom stereocenters. The average Bonchev–Trinajstić information content (AvgIpc) is 2.49. The van der Waals surface area contributed by atoms with Crippen molar-refractivity contribution in [2.75, 3.05) is 13.7 Å². The standard InChI is InChI=1S/C18H22O3/c1-5-21-16-9-7-6-8-14(16)18(19)15-10-13(3)17(20-4)11-12(15)2/h6-11,18-19H,5H2,1-4H3. The SMILES string of the molecule is CCOc1ccccc1C(O)c1cc(C)c(OC)cc1C. The minimum absolute atomic E-state index is 0.574. The summed E-state index contributed by atoms with van der Waals surface area (Å²) in [6.07, 6.45) is -0.711. The Bertz CT molecular complexity index is 620. The molecule has 0 saturated carbocycles. The van der Waals surface area contributed by atoms with Crippen molar-refractivity contribution in [1.29, 1.82) is 0 Å². The van der Waals surface area contributed by atoms with E-state index in [0.29, 0.717) is 6.61 Å². The van der Waals surface area contributed by atoms with Crippen molar-refractivity contribution in [2.45, 2.75) is 26.9 Å². The van der Waals surface area contributed by atoms with Crippen molar-refractivity contribution in [1.82, 2.24) is 0 Å². The van der Waals surface area contributed by atoms with Crippen LogP contribution in [0.25, 0.3) is 0 Å². The topological polar surface area (TPSA) is 38.7 Å². The number of rotatable bonds is 5. The predicted molar refractivity (Wildman–Crippen MR) is 84.1 cm³/mol. The Morgan fingerprint density at radius 2 is 1.71 bits per heavy atom. The Morgan fingerprint density at radius 3 is 2.38 bits per heavy atom. The van der Waals surface area contributed by atoms with Crippen LogP contribution < -0.4 is 9.47 Å². The molecule has 0 aromatic heterocycles. The summed E-state index contributed by atoms with van der Waals surface area (Å²) in [5.41, 5.74) is 3.66. The lowest BCUT2D eigenvalue weighted by Crippen LogP contribution is -2.06. The van der Waals surface area contributed by atoms with Gasteiger partial charge in [0.05, 0.1) is 13.7 Å². The molecular formula is C18H22O3. The maximum atomic E-state index is 10.7. The van der Waals surface area contributed by atoms with Gasteiger partial charge in [-0.05, 0) is 55.7 Å². The fraction of sp³-hybridized carbons (Fsp3) is 0.333. The van der Waals surface area contributed by atoms with Crippen LogP contribution >= 0.6 is 0 Å². The lowest BCUT2D eigenvalue weighted by molar-refractivity contribution is 0.211. The fourth-order valence-electron chi connectivity index (χ4n) is 2.49. The van der Waals surface area contributed by atoms with E-state index in [-0.39, 0.29) is 0 Å². The molecule has 0 spiro atoms. The van der Waals surface area contributed by atoms with E-state index in [2.05, 4.69) is 0 Å². The third-order valence-corrected chi connectivity index (χ3v) is 3.59. The molecule has 1 N–H and O–H groups in total. The summed E-state index contributed by atoms with van der Waals surface area (Å²) >= 11 is 0.